The largest absolute Gasteiger partial charge is 0.315 e. The number of rotatable bonds is 0. The highest BCUT2D eigenvalue weighted by atomic mass is 35.5. The predicted octanol–water partition coefficient (Wildman–Crippen LogP) is 1.53. The third-order valence-corrected chi connectivity index (χ3v) is 3.13. The molecule has 1 N–H and O–H groups in total. The molecule has 4 heteroatoms. The summed E-state index contributed by atoms with van der Waals surface area (Å²) in [6.45, 7) is 3.78. The molecule has 2 aliphatic heterocycles. The molecule has 0 aliphatic carbocycles. The third-order valence-electron chi connectivity index (χ3n) is 3.13. The minimum atomic E-state index is 0. The Morgan fingerprint density at radius 1 is 1.15 bits per heavy atom. The number of fused-ring (bicyclic) bond motifs is 3. The summed E-state index contributed by atoms with van der Waals surface area (Å²) in [4.78, 5) is 2.54. The Bertz CT molecular complexity index is 134. The van der Waals surface area contributed by atoms with E-state index in [9.17, 15) is 0 Å². The molecule has 0 spiro atoms. The second kappa shape index (κ2) is 6.07. The van der Waals surface area contributed by atoms with Gasteiger partial charge in [-0.15, -0.1) is 24.8 Å². The third kappa shape index (κ3) is 3.28. The van der Waals surface area contributed by atoms with E-state index in [0.717, 1.165) is 12.0 Å². The van der Waals surface area contributed by atoms with Crippen molar-refractivity contribution in [2.24, 2.45) is 5.92 Å². The van der Waals surface area contributed by atoms with Crippen LogP contribution in [0.25, 0.3) is 0 Å². The Labute approximate surface area is 93.3 Å². The number of halogens is 2. The molecule has 0 amide bonds. The van der Waals surface area contributed by atoms with Crippen molar-refractivity contribution in [2.45, 2.75) is 25.3 Å². The van der Waals surface area contributed by atoms with E-state index in [4.69, 9.17) is 0 Å². The van der Waals surface area contributed by atoms with E-state index in [0.29, 0.717) is 0 Å². The van der Waals surface area contributed by atoms with Gasteiger partial charge < -0.3 is 10.2 Å². The average Bonchev–Trinajstić information content (AvgIpc) is 2.16. The highest BCUT2D eigenvalue weighted by Gasteiger charge is 2.25. The summed E-state index contributed by atoms with van der Waals surface area (Å²) in [5.74, 6) is 0.924. The number of hydrogen-bond donors (Lipinski definition) is 1. The van der Waals surface area contributed by atoms with Crippen LogP contribution in [-0.4, -0.2) is 37.6 Å². The molecule has 0 aromatic heterocycles. The smallest absolute Gasteiger partial charge is 0.0217 e. The van der Waals surface area contributed by atoms with Crippen LogP contribution in [0.15, 0.2) is 0 Å². The normalized spacial score (nSPS) is 33.9. The molecule has 0 unspecified atom stereocenters. The van der Waals surface area contributed by atoms with E-state index < -0.39 is 0 Å². The van der Waals surface area contributed by atoms with Crippen molar-refractivity contribution in [3.8, 4) is 0 Å². The van der Waals surface area contributed by atoms with Gasteiger partial charge in [0.15, 0.2) is 0 Å². The Balaban J connectivity index is 0.000000720. The summed E-state index contributed by atoms with van der Waals surface area (Å²) in [7, 11) is 2.27. The molecule has 2 saturated heterocycles. The Morgan fingerprint density at radius 2 is 1.92 bits per heavy atom. The summed E-state index contributed by atoms with van der Waals surface area (Å²) in [5.41, 5.74) is 0. The first-order valence-corrected chi connectivity index (χ1v) is 4.77. The fourth-order valence-electron chi connectivity index (χ4n) is 2.39. The zero-order valence-electron chi connectivity index (χ0n) is 8.16. The van der Waals surface area contributed by atoms with Crippen molar-refractivity contribution in [1.29, 1.82) is 0 Å². The van der Waals surface area contributed by atoms with Crippen LogP contribution in [0.4, 0.5) is 0 Å². The maximum Gasteiger partial charge on any atom is 0.0217 e. The van der Waals surface area contributed by atoms with Gasteiger partial charge in [-0.05, 0) is 32.4 Å². The quantitative estimate of drug-likeness (QED) is 0.675. The van der Waals surface area contributed by atoms with Gasteiger partial charge in [-0.2, -0.15) is 0 Å². The van der Waals surface area contributed by atoms with Gasteiger partial charge in [-0.3, -0.25) is 0 Å². The summed E-state index contributed by atoms with van der Waals surface area (Å²) in [6, 6.07) is 0.822. The molecule has 0 saturated carbocycles. The van der Waals surface area contributed by atoms with E-state index >= 15 is 0 Å². The van der Waals surface area contributed by atoms with E-state index in [2.05, 4.69) is 17.3 Å². The lowest BCUT2D eigenvalue weighted by Crippen LogP contribution is -2.36. The molecule has 2 nitrogen and oxygen atoms in total. The van der Waals surface area contributed by atoms with Crippen LogP contribution in [0.1, 0.15) is 19.3 Å². The highest BCUT2D eigenvalue weighted by Crippen LogP contribution is 2.21. The molecule has 0 radical (unpaired) electrons. The van der Waals surface area contributed by atoms with Crippen LogP contribution < -0.4 is 5.32 Å². The lowest BCUT2D eigenvalue weighted by Gasteiger charge is -2.23. The van der Waals surface area contributed by atoms with Crippen LogP contribution in [0.3, 0.4) is 0 Å². The van der Waals surface area contributed by atoms with Crippen LogP contribution in [0.2, 0.25) is 0 Å². The van der Waals surface area contributed by atoms with Crippen molar-refractivity contribution in [3.63, 3.8) is 0 Å². The maximum atomic E-state index is 3.54. The minimum absolute atomic E-state index is 0. The Hall–Kier alpha value is 0.500. The van der Waals surface area contributed by atoms with Crippen molar-refractivity contribution >= 4 is 24.8 Å². The molecule has 2 atom stereocenters. The zero-order chi connectivity index (χ0) is 7.68. The number of likely N-dealkylation sites (N-methyl/N-ethyl adjacent to an activating group) is 1. The van der Waals surface area contributed by atoms with Gasteiger partial charge in [0.2, 0.25) is 0 Å². The second-order valence-corrected chi connectivity index (χ2v) is 4.05. The van der Waals surface area contributed by atoms with Crippen molar-refractivity contribution in [2.75, 3.05) is 26.7 Å². The SMILES string of the molecule is CN1C[C@H]2CCC[C@@H]1CNC2.Cl.Cl. The van der Waals surface area contributed by atoms with Crippen molar-refractivity contribution in [3.05, 3.63) is 0 Å². The van der Waals surface area contributed by atoms with E-state index in [1.165, 1.54) is 38.9 Å². The fourth-order valence-corrected chi connectivity index (χ4v) is 2.39. The van der Waals surface area contributed by atoms with Gasteiger partial charge in [-0.1, -0.05) is 6.42 Å². The number of nitrogens with one attached hydrogen (secondary N) is 1. The van der Waals surface area contributed by atoms with E-state index in [1.807, 2.05) is 0 Å². The molecule has 2 heterocycles. The van der Waals surface area contributed by atoms with Crippen molar-refractivity contribution < 1.29 is 0 Å². The molecular weight excluding hydrogens is 207 g/mol. The number of nitrogens with zero attached hydrogens (tertiary/aromatic N) is 1. The first kappa shape index (κ1) is 13.5. The van der Waals surface area contributed by atoms with Gasteiger partial charge in [0.05, 0.1) is 0 Å². The molecule has 0 aromatic carbocycles. The van der Waals surface area contributed by atoms with E-state index in [-0.39, 0.29) is 24.8 Å². The summed E-state index contributed by atoms with van der Waals surface area (Å²) in [5, 5.41) is 3.54. The fraction of sp³-hybridized carbons (Fsp3) is 1.00. The van der Waals surface area contributed by atoms with E-state index in [1.54, 1.807) is 0 Å². The van der Waals surface area contributed by atoms with Gasteiger partial charge >= 0.3 is 0 Å². The molecular formula is C9H20Cl2N2. The minimum Gasteiger partial charge on any atom is -0.315 e. The van der Waals surface area contributed by atoms with Crippen LogP contribution in [-0.2, 0) is 0 Å². The van der Waals surface area contributed by atoms with Gasteiger partial charge in [0.25, 0.3) is 0 Å². The lowest BCUT2D eigenvalue weighted by molar-refractivity contribution is 0.247. The number of hydrogen-bond acceptors (Lipinski definition) is 2. The molecule has 2 bridgehead atoms. The Morgan fingerprint density at radius 3 is 2.69 bits per heavy atom. The van der Waals surface area contributed by atoms with Crippen LogP contribution >= 0.6 is 24.8 Å². The Kier molecular flexibility index (Phi) is 6.31. The molecule has 2 aliphatic rings. The summed E-state index contributed by atoms with van der Waals surface area (Å²) in [6.07, 6.45) is 4.29. The summed E-state index contributed by atoms with van der Waals surface area (Å²) >= 11 is 0. The van der Waals surface area contributed by atoms with Crippen LogP contribution in [0, 0.1) is 5.92 Å². The first-order chi connectivity index (χ1) is 5.36. The molecule has 0 aromatic rings. The molecule has 2 fully saturated rings. The van der Waals surface area contributed by atoms with Gasteiger partial charge in [0.1, 0.15) is 0 Å². The van der Waals surface area contributed by atoms with Crippen molar-refractivity contribution in [1.82, 2.24) is 10.2 Å². The highest BCUT2D eigenvalue weighted by molar-refractivity contribution is 5.85. The molecule has 13 heavy (non-hydrogen) atoms. The van der Waals surface area contributed by atoms with Crippen LogP contribution in [0.5, 0.6) is 0 Å². The average molecular weight is 227 g/mol. The molecule has 80 valence electrons. The first-order valence-electron chi connectivity index (χ1n) is 4.77. The van der Waals surface area contributed by atoms with Gasteiger partial charge in [-0.25, -0.2) is 0 Å². The topological polar surface area (TPSA) is 15.3 Å². The van der Waals surface area contributed by atoms with Gasteiger partial charge in [0, 0.05) is 19.1 Å². The molecule has 2 rings (SSSR count). The monoisotopic (exact) mass is 226 g/mol. The lowest BCUT2D eigenvalue weighted by atomic mass is 10.0. The predicted molar refractivity (Wildman–Crippen MR) is 61.1 cm³/mol. The summed E-state index contributed by atoms with van der Waals surface area (Å²) < 4.78 is 0. The second-order valence-electron chi connectivity index (χ2n) is 4.05. The zero-order valence-corrected chi connectivity index (χ0v) is 9.79. The maximum absolute atomic E-state index is 3.54. The standard InChI is InChI=1S/C9H18N2.2ClH/c1-11-7-8-3-2-4-9(11)6-10-5-8;;/h8-10H,2-7H2,1H3;2*1H/t8-,9+;;/m0../s1.